The van der Waals surface area contributed by atoms with Gasteiger partial charge in [0.15, 0.2) is 0 Å². The van der Waals surface area contributed by atoms with Gasteiger partial charge in [0.25, 0.3) is 0 Å². The van der Waals surface area contributed by atoms with E-state index in [4.69, 9.17) is 23.2 Å². The highest BCUT2D eigenvalue weighted by Gasteiger charge is 2.33. The zero-order valence-corrected chi connectivity index (χ0v) is 24.3. The van der Waals surface area contributed by atoms with Gasteiger partial charge in [-0.3, -0.25) is 13.9 Å². The van der Waals surface area contributed by atoms with Crippen molar-refractivity contribution in [2.75, 3.05) is 23.7 Å². The number of hydrogen-bond acceptors (Lipinski definition) is 4. The van der Waals surface area contributed by atoms with E-state index in [0.29, 0.717) is 11.6 Å². The fraction of sp³-hybridized carbons (Fsp3) is 0.310. The third-order valence-corrected chi connectivity index (χ3v) is 7.82. The minimum absolute atomic E-state index is 0.0912. The lowest BCUT2D eigenvalue weighted by atomic mass is 10.0. The molecular formula is C29H33Cl2N3O4S. The molecular weight excluding hydrogens is 557 g/mol. The molecule has 1 atom stereocenters. The number of unbranched alkanes of at least 4 members (excludes halogenated alkanes) is 1. The topological polar surface area (TPSA) is 86.8 Å². The van der Waals surface area contributed by atoms with E-state index < -0.39 is 28.5 Å². The van der Waals surface area contributed by atoms with E-state index in [0.717, 1.165) is 34.5 Å². The van der Waals surface area contributed by atoms with E-state index in [1.807, 2.05) is 67.6 Å². The monoisotopic (exact) mass is 589 g/mol. The molecule has 7 nitrogen and oxygen atoms in total. The van der Waals surface area contributed by atoms with E-state index in [1.165, 1.54) is 23.1 Å². The highest BCUT2D eigenvalue weighted by atomic mass is 35.5. The summed E-state index contributed by atoms with van der Waals surface area (Å²) in [6, 6.07) is 22.2. The molecule has 0 unspecified atom stereocenters. The number of nitrogens with one attached hydrogen (secondary N) is 1. The highest BCUT2D eigenvalue weighted by Crippen LogP contribution is 2.30. The van der Waals surface area contributed by atoms with Gasteiger partial charge in [0, 0.05) is 24.5 Å². The Bertz CT molecular complexity index is 1360. The van der Waals surface area contributed by atoms with Gasteiger partial charge in [-0.05, 0) is 35.7 Å². The number of hydrogen-bond donors (Lipinski definition) is 1. The Balaban J connectivity index is 2.03. The van der Waals surface area contributed by atoms with Crippen LogP contribution >= 0.6 is 23.2 Å². The summed E-state index contributed by atoms with van der Waals surface area (Å²) in [7, 11) is -3.92. The molecule has 1 N–H and O–H groups in total. The SMILES string of the molecule is CCCCNC(=O)[C@H](Cc1ccccc1)N(Cc1ccccc1)C(=O)CN(c1ccc(Cl)cc1Cl)S(C)(=O)=O. The van der Waals surface area contributed by atoms with Crippen molar-refractivity contribution in [3.63, 3.8) is 0 Å². The van der Waals surface area contributed by atoms with Crippen LogP contribution in [0, 0.1) is 0 Å². The Kier molecular flexibility index (Phi) is 11.2. The van der Waals surface area contributed by atoms with Crippen LogP contribution in [0.3, 0.4) is 0 Å². The first-order valence-electron chi connectivity index (χ1n) is 12.7. The molecule has 0 aliphatic rings. The second-order valence-electron chi connectivity index (χ2n) is 9.22. The molecule has 39 heavy (non-hydrogen) atoms. The van der Waals surface area contributed by atoms with Crippen LogP contribution in [0.2, 0.25) is 10.0 Å². The summed E-state index contributed by atoms with van der Waals surface area (Å²) in [5.41, 5.74) is 1.81. The highest BCUT2D eigenvalue weighted by molar-refractivity contribution is 7.92. The summed E-state index contributed by atoms with van der Waals surface area (Å²) >= 11 is 12.4. The zero-order chi connectivity index (χ0) is 28.4. The number of rotatable bonds is 13. The number of halogens is 2. The van der Waals surface area contributed by atoms with Gasteiger partial charge in [-0.25, -0.2) is 8.42 Å². The maximum atomic E-state index is 14.0. The van der Waals surface area contributed by atoms with Crippen LogP contribution in [0.1, 0.15) is 30.9 Å². The van der Waals surface area contributed by atoms with E-state index in [9.17, 15) is 18.0 Å². The van der Waals surface area contributed by atoms with Gasteiger partial charge in [0.2, 0.25) is 21.8 Å². The maximum absolute atomic E-state index is 14.0. The Labute approximate surface area is 240 Å². The van der Waals surface area contributed by atoms with Gasteiger partial charge in [-0.15, -0.1) is 0 Å². The summed E-state index contributed by atoms with van der Waals surface area (Å²) in [6.07, 6.45) is 2.97. The summed E-state index contributed by atoms with van der Waals surface area (Å²) in [4.78, 5) is 29.0. The molecule has 0 spiro atoms. The van der Waals surface area contributed by atoms with E-state index >= 15 is 0 Å². The average Bonchev–Trinajstić information content (AvgIpc) is 2.90. The van der Waals surface area contributed by atoms with Gasteiger partial charge in [0.05, 0.1) is 17.0 Å². The van der Waals surface area contributed by atoms with Gasteiger partial charge < -0.3 is 10.2 Å². The number of benzene rings is 3. The number of carbonyl (C=O) groups is 2. The standard InChI is InChI=1S/C29H33Cl2N3O4S/c1-3-4-17-32-29(36)27(18-22-11-7-5-8-12-22)33(20-23-13-9-6-10-14-23)28(35)21-34(39(2,37)38)26-16-15-24(30)19-25(26)31/h5-16,19,27H,3-4,17-18,20-21H2,1-2H3,(H,32,36)/t27-/m0/s1. The van der Waals surface area contributed by atoms with E-state index in [1.54, 1.807) is 0 Å². The molecule has 3 aromatic carbocycles. The average molecular weight is 591 g/mol. The minimum Gasteiger partial charge on any atom is -0.354 e. The molecule has 0 bridgehead atoms. The smallest absolute Gasteiger partial charge is 0.244 e. The molecule has 3 rings (SSSR count). The van der Waals surface area contributed by atoms with Crippen molar-refractivity contribution in [3.8, 4) is 0 Å². The lowest BCUT2D eigenvalue weighted by Gasteiger charge is -2.33. The minimum atomic E-state index is -3.92. The molecule has 0 saturated carbocycles. The molecule has 0 aromatic heterocycles. The number of amides is 2. The van der Waals surface area contributed by atoms with Crippen LogP contribution in [0.5, 0.6) is 0 Å². The van der Waals surface area contributed by atoms with E-state index in [-0.39, 0.29) is 29.6 Å². The Morgan fingerprint density at radius 1 is 0.923 bits per heavy atom. The summed E-state index contributed by atoms with van der Waals surface area (Å²) in [6.45, 7) is 2.08. The fourth-order valence-electron chi connectivity index (χ4n) is 4.12. The Hall–Kier alpha value is -3.07. The first-order chi connectivity index (χ1) is 18.6. The molecule has 0 aliphatic carbocycles. The quantitative estimate of drug-likeness (QED) is 0.273. The van der Waals surface area contributed by atoms with Crippen molar-refractivity contribution >= 4 is 50.7 Å². The third-order valence-electron chi connectivity index (χ3n) is 6.15. The first kappa shape index (κ1) is 30.5. The molecule has 0 aliphatic heterocycles. The molecule has 208 valence electrons. The first-order valence-corrected chi connectivity index (χ1v) is 15.3. The van der Waals surface area contributed by atoms with Gasteiger partial charge in [-0.2, -0.15) is 0 Å². The van der Waals surface area contributed by atoms with Crippen LogP contribution < -0.4 is 9.62 Å². The van der Waals surface area contributed by atoms with Gasteiger partial charge in [0.1, 0.15) is 12.6 Å². The summed E-state index contributed by atoms with van der Waals surface area (Å²) < 4.78 is 26.6. The number of anilines is 1. The number of sulfonamides is 1. The van der Waals surface area contributed by atoms with Crippen molar-refractivity contribution in [1.82, 2.24) is 10.2 Å². The predicted octanol–water partition coefficient (Wildman–Crippen LogP) is 5.32. The third kappa shape index (κ3) is 8.98. The van der Waals surface area contributed by atoms with Crippen molar-refractivity contribution in [3.05, 3.63) is 100 Å². The van der Waals surface area contributed by atoms with Crippen molar-refractivity contribution < 1.29 is 18.0 Å². The van der Waals surface area contributed by atoms with Crippen molar-refractivity contribution in [2.45, 2.75) is 38.8 Å². The zero-order valence-electron chi connectivity index (χ0n) is 22.0. The molecule has 0 fully saturated rings. The number of nitrogens with zero attached hydrogens (tertiary/aromatic N) is 2. The predicted molar refractivity (Wildman–Crippen MR) is 157 cm³/mol. The molecule has 0 saturated heterocycles. The van der Waals surface area contributed by atoms with E-state index in [2.05, 4.69) is 5.32 Å². The Morgan fingerprint density at radius 3 is 2.10 bits per heavy atom. The maximum Gasteiger partial charge on any atom is 0.244 e. The summed E-state index contributed by atoms with van der Waals surface area (Å²) in [5, 5.41) is 3.38. The van der Waals surface area contributed by atoms with Crippen LogP contribution in [0.4, 0.5) is 5.69 Å². The molecule has 0 heterocycles. The van der Waals surface area contributed by atoms with Crippen LogP contribution in [0.15, 0.2) is 78.9 Å². The molecule has 3 aromatic rings. The van der Waals surface area contributed by atoms with Gasteiger partial charge in [-0.1, -0.05) is 97.2 Å². The largest absolute Gasteiger partial charge is 0.354 e. The lowest BCUT2D eigenvalue weighted by molar-refractivity contribution is -0.140. The van der Waals surface area contributed by atoms with Crippen molar-refractivity contribution in [1.29, 1.82) is 0 Å². The second-order valence-corrected chi connectivity index (χ2v) is 12.0. The lowest BCUT2D eigenvalue weighted by Crippen LogP contribution is -2.53. The summed E-state index contributed by atoms with van der Waals surface area (Å²) in [5.74, 6) is -0.839. The van der Waals surface area contributed by atoms with Crippen LogP contribution in [0.25, 0.3) is 0 Å². The van der Waals surface area contributed by atoms with Crippen molar-refractivity contribution in [2.24, 2.45) is 0 Å². The molecule has 10 heteroatoms. The van der Waals surface area contributed by atoms with Gasteiger partial charge >= 0.3 is 0 Å². The number of carbonyl (C=O) groups excluding carboxylic acids is 2. The Morgan fingerprint density at radius 2 is 1.54 bits per heavy atom. The van der Waals surface area contributed by atoms with Crippen LogP contribution in [-0.2, 0) is 32.6 Å². The fourth-order valence-corrected chi connectivity index (χ4v) is 5.54. The molecule has 2 amide bonds. The molecule has 0 radical (unpaired) electrons. The van der Waals surface area contributed by atoms with Crippen LogP contribution in [-0.4, -0.2) is 50.5 Å². The normalized spacial score (nSPS) is 12.0. The second kappa shape index (κ2) is 14.4.